The van der Waals surface area contributed by atoms with E-state index in [9.17, 15) is 9.59 Å². The van der Waals surface area contributed by atoms with E-state index in [1.54, 1.807) is 24.5 Å². The number of Topliss-reactive ketones (excluding diaryl/α,β-unsaturated/α-hetero) is 1. The molecule has 1 unspecified atom stereocenters. The third kappa shape index (κ3) is 5.25. The van der Waals surface area contributed by atoms with Crippen molar-refractivity contribution in [3.63, 3.8) is 0 Å². The minimum atomic E-state index is -0.352. The van der Waals surface area contributed by atoms with E-state index in [0.29, 0.717) is 24.0 Å². The molecule has 0 aliphatic rings. The highest BCUT2D eigenvalue weighted by Crippen LogP contribution is 2.26. The molecule has 1 heterocycles. The van der Waals surface area contributed by atoms with Crippen LogP contribution < -0.4 is 0 Å². The lowest BCUT2D eigenvalue weighted by Crippen LogP contribution is -2.18. The molecular weight excluding hydrogens is 326 g/mol. The monoisotopic (exact) mass is 353 g/mol. The van der Waals surface area contributed by atoms with Crippen molar-refractivity contribution in [2.45, 2.75) is 59.0 Å². The second-order valence-electron chi connectivity index (χ2n) is 7.70. The van der Waals surface area contributed by atoms with Crippen molar-refractivity contribution in [1.82, 2.24) is 4.98 Å². The van der Waals surface area contributed by atoms with Crippen LogP contribution in [0.5, 0.6) is 0 Å². The summed E-state index contributed by atoms with van der Waals surface area (Å²) in [6, 6.07) is 9.15. The van der Waals surface area contributed by atoms with Crippen LogP contribution in [0.3, 0.4) is 0 Å². The minimum Gasteiger partial charge on any atom is -0.459 e. The fraction of sp³-hybridized carbons (Fsp3) is 0.409. The van der Waals surface area contributed by atoms with E-state index in [-0.39, 0.29) is 23.3 Å². The Bertz CT molecular complexity index is 776. The van der Waals surface area contributed by atoms with Gasteiger partial charge in [-0.15, -0.1) is 0 Å². The molecule has 0 radical (unpaired) electrons. The van der Waals surface area contributed by atoms with Gasteiger partial charge in [-0.05, 0) is 61.1 Å². The minimum absolute atomic E-state index is 0.00590. The maximum absolute atomic E-state index is 12.4. The second kappa shape index (κ2) is 8.26. The largest absolute Gasteiger partial charge is 0.459 e. The van der Waals surface area contributed by atoms with E-state index >= 15 is 0 Å². The lowest BCUT2D eigenvalue weighted by atomic mass is 9.83. The standard InChI is InChI=1S/C22H27NO3/c1-15-13-17(9-10-19(15)22(3,4)5)21(25)26-16(2)8-11-20(24)18-7-6-12-23-14-18/h6-7,9-10,12-14,16H,8,11H2,1-5H3. The van der Waals surface area contributed by atoms with Gasteiger partial charge < -0.3 is 4.74 Å². The number of aryl methyl sites for hydroxylation is 1. The van der Waals surface area contributed by atoms with Crippen LogP contribution in [-0.2, 0) is 10.2 Å². The van der Waals surface area contributed by atoms with Crippen LogP contribution in [0.4, 0.5) is 0 Å². The van der Waals surface area contributed by atoms with E-state index in [1.165, 1.54) is 5.56 Å². The molecule has 26 heavy (non-hydrogen) atoms. The Kier molecular flexibility index (Phi) is 6.30. The SMILES string of the molecule is Cc1cc(C(=O)OC(C)CCC(=O)c2cccnc2)ccc1C(C)(C)C. The molecule has 138 valence electrons. The molecule has 1 aromatic heterocycles. The molecule has 0 saturated carbocycles. The maximum atomic E-state index is 12.4. The number of benzene rings is 1. The Hall–Kier alpha value is -2.49. The van der Waals surface area contributed by atoms with Gasteiger partial charge in [-0.25, -0.2) is 4.79 Å². The molecule has 2 rings (SSSR count). The number of aromatic nitrogens is 1. The van der Waals surface area contributed by atoms with Crippen LogP contribution in [0.25, 0.3) is 0 Å². The van der Waals surface area contributed by atoms with Crippen molar-refractivity contribution in [3.8, 4) is 0 Å². The summed E-state index contributed by atoms with van der Waals surface area (Å²) in [4.78, 5) is 28.4. The number of ketones is 1. The zero-order valence-electron chi connectivity index (χ0n) is 16.2. The fourth-order valence-electron chi connectivity index (χ4n) is 2.95. The highest BCUT2D eigenvalue weighted by Gasteiger charge is 2.19. The highest BCUT2D eigenvalue weighted by atomic mass is 16.5. The van der Waals surface area contributed by atoms with Gasteiger partial charge in [0.2, 0.25) is 0 Å². The van der Waals surface area contributed by atoms with Crippen molar-refractivity contribution in [2.75, 3.05) is 0 Å². The van der Waals surface area contributed by atoms with Gasteiger partial charge in [0.15, 0.2) is 5.78 Å². The molecule has 1 atom stereocenters. The molecule has 0 aliphatic carbocycles. The molecule has 0 fully saturated rings. The number of nitrogens with zero attached hydrogens (tertiary/aromatic N) is 1. The summed E-state index contributed by atoms with van der Waals surface area (Å²) in [6.07, 6.45) is 3.67. The third-order valence-electron chi connectivity index (χ3n) is 4.34. The van der Waals surface area contributed by atoms with Crippen LogP contribution in [-0.4, -0.2) is 22.8 Å². The highest BCUT2D eigenvalue weighted by molar-refractivity contribution is 5.95. The first kappa shape index (κ1) is 19.8. The van der Waals surface area contributed by atoms with Crippen LogP contribution in [0.1, 0.15) is 72.4 Å². The van der Waals surface area contributed by atoms with E-state index in [1.807, 2.05) is 32.0 Å². The van der Waals surface area contributed by atoms with Gasteiger partial charge in [0, 0.05) is 24.4 Å². The van der Waals surface area contributed by atoms with Gasteiger partial charge in [-0.3, -0.25) is 9.78 Å². The van der Waals surface area contributed by atoms with Gasteiger partial charge in [0.25, 0.3) is 0 Å². The van der Waals surface area contributed by atoms with E-state index in [0.717, 1.165) is 5.56 Å². The number of esters is 1. The van der Waals surface area contributed by atoms with Crippen molar-refractivity contribution in [3.05, 3.63) is 65.0 Å². The number of hydrogen-bond donors (Lipinski definition) is 0. The Morgan fingerprint density at radius 3 is 2.46 bits per heavy atom. The molecule has 0 N–H and O–H groups in total. The average Bonchev–Trinajstić information content (AvgIpc) is 2.59. The van der Waals surface area contributed by atoms with Crippen molar-refractivity contribution in [1.29, 1.82) is 0 Å². The Morgan fingerprint density at radius 2 is 1.88 bits per heavy atom. The summed E-state index contributed by atoms with van der Waals surface area (Å²) in [5, 5.41) is 0. The first-order chi connectivity index (χ1) is 12.2. The van der Waals surface area contributed by atoms with Crippen molar-refractivity contribution >= 4 is 11.8 Å². The molecule has 0 bridgehead atoms. The van der Waals surface area contributed by atoms with Gasteiger partial charge >= 0.3 is 5.97 Å². The molecule has 0 amide bonds. The lowest BCUT2D eigenvalue weighted by molar-refractivity contribution is 0.0317. The van der Waals surface area contributed by atoms with Gasteiger partial charge in [-0.2, -0.15) is 0 Å². The fourth-order valence-corrected chi connectivity index (χ4v) is 2.95. The molecule has 4 heteroatoms. The predicted molar refractivity (Wildman–Crippen MR) is 103 cm³/mol. The molecule has 1 aromatic carbocycles. The number of ether oxygens (including phenoxy) is 1. The normalized spacial score (nSPS) is 12.5. The predicted octanol–water partition coefficient (Wildman–Crippen LogP) is 4.90. The number of carbonyl (C=O) groups is 2. The van der Waals surface area contributed by atoms with E-state index < -0.39 is 0 Å². The van der Waals surface area contributed by atoms with Crippen LogP contribution >= 0.6 is 0 Å². The summed E-state index contributed by atoms with van der Waals surface area (Å²) in [7, 11) is 0. The number of carbonyl (C=O) groups excluding carboxylic acids is 2. The zero-order chi connectivity index (χ0) is 19.3. The van der Waals surface area contributed by atoms with Crippen molar-refractivity contribution in [2.24, 2.45) is 0 Å². The summed E-state index contributed by atoms with van der Waals surface area (Å²) in [5.74, 6) is -0.346. The Morgan fingerprint density at radius 1 is 1.15 bits per heavy atom. The number of rotatable bonds is 6. The zero-order valence-corrected chi connectivity index (χ0v) is 16.2. The second-order valence-corrected chi connectivity index (χ2v) is 7.70. The quantitative estimate of drug-likeness (QED) is 0.548. The number of hydrogen-bond acceptors (Lipinski definition) is 4. The van der Waals surface area contributed by atoms with Crippen LogP contribution in [0.2, 0.25) is 0 Å². The van der Waals surface area contributed by atoms with Gasteiger partial charge in [-0.1, -0.05) is 26.8 Å². The topological polar surface area (TPSA) is 56.3 Å². The van der Waals surface area contributed by atoms with E-state index in [4.69, 9.17) is 4.74 Å². The van der Waals surface area contributed by atoms with E-state index in [2.05, 4.69) is 25.8 Å². The summed E-state index contributed by atoms with van der Waals surface area (Å²) >= 11 is 0. The lowest BCUT2D eigenvalue weighted by Gasteiger charge is -2.22. The molecule has 4 nitrogen and oxygen atoms in total. The Balaban J connectivity index is 1.93. The summed E-state index contributed by atoms with van der Waals surface area (Å²) < 4.78 is 5.50. The Labute approximate surface area is 155 Å². The smallest absolute Gasteiger partial charge is 0.338 e. The van der Waals surface area contributed by atoms with Crippen LogP contribution in [0.15, 0.2) is 42.7 Å². The summed E-state index contributed by atoms with van der Waals surface area (Å²) in [5.41, 5.74) is 3.45. The molecule has 0 saturated heterocycles. The molecule has 0 aliphatic heterocycles. The van der Waals surface area contributed by atoms with Gasteiger partial charge in [0.05, 0.1) is 11.7 Å². The maximum Gasteiger partial charge on any atom is 0.338 e. The van der Waals surface area contributed by atoms with Gasteiger partial charge in [0.1, 0.15) is 0 Å². The van der Waals surface area contributed by atoms with Crippen LogP contribution in [0, 0.1) is 6.92 Å². The molecule has 0 spiro atoms. The molecule has 2 aromatic rings. The first-order valence-corrected chi connectivity index (χ1v) is 8.94. The number of pyridine rings is 1. The average molecular weight is 353 g/mol. The summed E-state index contributed by atoms with van der Waals surface area (Å²) in [6.45, 7) is 10.3. The van der Waals surface area contributed by atoms with Crippen molar-refractivity contribution < 1.29 is 14.3 Å². The first-order valence-electron chi connectivity index (χ1n) is 8.94. The molecular formula is C22H27NO3. The third-order valence-corrected chi connectivity index (χ3v) is 4.34.